The first kappa shape index (κ1) is 12.1. The number of nitrogens with zero attached hydrogens (tertiary/aromatic N) is 4. The topological polar surface area (TPSA) is 63.8 Å². The van der Waals surface area contributed by atoms with Crippen LogP contribution in [0.3, 0.4) is 0 Å². The van der Waals surface area contributed by atoms with E-state index < -0.39 is 0 Å². The van der Waals surface area contributed by atoms with Crippen LogP contribution in [-0.2, 0) is 7.05 Å². The Morgan fingerprint density at radius 2 is 2.06 bits per heavy atom. The average Bonchev–Trinajstić information content (AvgIpc) is 2.75. The van der Waals surface area contributed by atoms with E-state index in [1.54, 1.807) is 11.7 Å². The number of hydrogen-bond donors (Lipinski definition) is 1. The highest BCUT2D eigenvalue weighted by Crippen LogP contribution is 2.26. The molecule has 0 unspecified atom stereocenters. The van der Waals surface area contributed by atoms with Crippen molar-refractivity contribution in [2.75, 3.05) is 0 Å². The molecule has 6 heteroatoms. The number of benzene rings is 1. The molecule has 1 heterocycles. The lowest BCUT2D eigenvalue weighted by molar-refractivity contribution is 0.173. The maximum atomic E-state index is 9.68. The van der Waals surface area contributed by atoms with Crippen LogP contribution in [0, 0.1) is 0 Å². The molecule has 0 radical (unpaired) electrons. The number of rotatable bonds is 4. The monoisotopic (exact) mass is 250 g/mol. The largest absolute Gasteiger partial charge is 0.388 e. The average molecular weight is 250 g/mol. The van der Waals surface area contributed by atoms with E-state index in [9.17, 15) is 5.11 Å². The second-order valence-corrected chi connectivity index (χ2v) is 4.72. The van der Waals surface area contributed by atoms with Crippen LogP contribution < -0.4 is 0 Å². The van der Waals surface area contributed by atoms with Gasteiger partial charge in [-0.2, -0.15) is 0 Å². The first-order valence-electron chi connectivity index (χ1n) is 5.39. The van der Waals surface area contributed by atoms with Crippen LogP contribution in [0.4, 0.5) is 0 Å². The third kappa shape index (κ3) is 2.83. The van der Waals surface area contributed by atoms with Gasteiger partial charge in [-0.25, -0.2) is 4.68 Å². The molecule has 0 bridgehead atoms. The maximum absolute atomic E-state index is 9.68. The molecule has 17 heavy (non-hydrogen) atoms. The third-order valence-corrected chi connectivity index (χ3v) is 3.48. The van der Waals surface area contributed by atoms with Crippen LogP contribution >= 0.6 is 11.8 Å². The minimum atomic E-state index is -0.384. The lowest BCUT2D eigenvalue weighted by Crippen LogP contribution is -1.95. The number of aryl methyl sites for hydroxylation is 1. The Morgan fingerprint density at radius 3 is 2.59 bits per heavy atom. The van der Waals surface area contributed by atoms with Gasteiger partial charge in [0.05, 0.1) is 6.10 Å². The molecule has 1 aromatic carbocycles. The van der Waals surface area contributed by atoms with E-state index in [1.807, 2.05) is 31.2 Å². The molecule has 90 valence electrons. The van der Waals surface area contributed by atoms with Crippen molar-refractivity contribution < 1.29 is 5.11 Å². The van der Waals surface area contributed by atoms with Crippen molar-refractivity contribution >= 4 is 11.8 Å². The zero-order valence-corrected chi connectivity index (χ0v) is 10.6. The summed E-state index contributed by atoms with van der Waals surface area (Å²) in [5, 5.41) is 21.7. The fraction of sp³-hybridized carbons (Fsp3) is 0.364. The Balaban J connectivity index is 2.11. The van der Waals surface area contributed by atoms with Gasteiger partial charge in [0.15, 0.2) is 0 Å². The van der Waals surface area contributed by atoms with E-state index in [1.165, 1.54) is 11.8 Å². The van der Waals surface area contributed by atoms with Crippen LogP contribution in [0.25, 0.3) is 0 Å². The first-order chi connectivity index (χ1) is 8.20. The van der Waals surface area contributed by atoms with Gasteiger partial charge in [-0.15, -0.1) is 5.10 Å². The first-order valence-corrected chi connectivity index (χ1v) is 6.20. The quantitative estimate of drug-likeness (QED) is 0.896. The van der Waals surface area contributed by atoms with Gasteiger partial charge in [-0.1, -0.05) is 19.1 Å². The summed E-state index contributed by atoms with van der Waals surface area (Å²) in [6, 6.07) is 7.79. The Labute approximate surface area is 104 Å². The van der Waals surface area contributed by atoms with Gasteiger partial charge in [0, 0.05) is 11.9 Å². The molecule has 1 aromatic heterocycles. The highest BCUT2D eigenvalue weighted by atomic mass is 32.2. The van der Waals surface area contributed by atoms with Crippen molar-refractivity contribution in [3.63, 3.8) is 0 Å². The van der Waals surface area contributed by atoms with Crippen LogP contribution in [-0.4, -0.2) is 25.3 Å². The van der Waals surface area contributed by atoms with Crippen molar-refractivity contribution in [1.82, 2.24) is 20.2 Å². The van der Waals surface area contributed by atoms with Crippen molar-refractivity contribution in [1.29, 1.82) is 0 Å². The Hall–Kier alpha value is -1.40. The molecule has 2 aromatic rings. The molecule has 5 nitrogen and oxygen atoms in total. The molecule has 1 N–H and O–H groups in total. The smallest absolute Gasteiger partial charge is 0.213 e. The fourth-order valence-corrected chi connectivity index (χ4v) is 2.14. The Kier molecular flexibility index (Phi) is 3.75. The van der Waals surface area contributed by atoms with E-state index in [4.69, 9.17) is 0 Å². The second-order valence-electron chi connectivity index (χ2n) is 3.68. The summed E-state index contributed by atoms with van der Waals surface area (Å²) in [6.07, 6.45) is 0.338. The number of aliphatic hydroxyl groups is 1. The van der Waals surface area contributed by atoms with Crippen molar-refractivity contribution in [2.45, 2.75) is 29.5 Å². The van der Waals surface area contributed by atoms with Crippen molar-refractivity contribution in [3.8, 4) is 0 Å². The summed E-state index contributed by atoms with van der Waals surface area (Å²) in [6.45, 7) is 1.96. The third-order valence-electron chi connectivity index (χ3n) is 2.44. The predicted octanol–water partition coefficient (Wildman–Crippen LogP) is 1.80. The molecule has 0 spiro atoms. The maximum Gasteiger partial charge on any atom is 0.213 e. The molecule has 0 saturated carbocycles. The molecular formula is C11H14N4OS. The lowest BCUT2D eigenvalue weighted by Gasteiger charge is -2.08. The molecule has 0 fully saturated rings. The van der Waals surface area contributed by atoms with Gasteiger partial charge in [0.25, 0.3) is 0 Å². The standard InChI is InChI=1S/C11H14N4OS/c1-3-10(16)8-4-6-9(7-5-8)17-11-12-13-14-15(11)2/h4-7,10,16H,3H2,1-2H3/t10-/m0/s1. The zero-order valence-electron chi connectivity index (χ0n) is 9.74. The SMILES string of the molecule is CC[C@H](O)c1ccc(Sc2nnnn2C)cc1. The zero-order chi connectivity index (χ0) is 12.3. The number of aromatic nitrogens is 4. The van der Waals surface area contributed by atoms with E-state index in [0.29, 0.717) is 0 Å². The molecule has 0 amide bonds. The molecule has 0 aliphatic carbocycles. The van der Waals surface area contributed by atoms with Gasteiger partial charge < -0.3 is 5.11 Å². The molecule has 0 aliphatic rings. The van der Waals surface area contributed by atoms with Crippen molar-refractivity contribution in [2.24, 2.45) is 7.05 Å². The van der Waals surface area contributed by atoms with Crippen LogP contribution in [0.2, 0.25) is 0 Å². The number of aliphatic hydroxyl groups excluding tert-OH is 1. The van der Waals surface area contributed by atoms with Crippen LogP contribution in [0.1, 0.15) is 25.0 Å². The molecule has 1 atom stereocenters. The molecule has 0 saturated heterocycles. The number of tetrazole rings is 1. The van der Waals surface area contributed by atoms with E-state index in [2.05, 4.69) is 15.5 Å². The summed E-state index contributed by atoms with van der Waals surface area (Å²) in [5.41, 5.74) is 0.938. The normalized spacial score (nSPS) is 12.6. The van der Waals surface area contributed by atoms with Gasteiger partial charge >= 0.3 is 0 Å². The van der Waals surface area contributed by atoms with Crippen molar-refractivity contribution in [3.05, 3.63) is 29.8 Å². The van der Waals surface area contributed by atoms with Gasteiger partial charge in [0.1, 0.15) is 0 Å². The minimum Gasteiger partial charge on any atom is -0.388 e. The molecule has 0 aliphatic heterocycles. The molecule has 2 rings (SSSR count). The summed E-state index contributed by atoms with van der Waals surface area (Å²) >= 11 is 1.49. The summed E-state index contributed by atoms with van der Waals surface area (Å²) < 4.78 is 1.62. The predicted molar refractivity (Wildman–Crippen MR) is 64.6 cm³/mol. The fourth-order valence-electron chi connectivity index (χ4n) is 1.41. The Bertz CT molecular complexity index is 482. The van der Waals surface area contributed by atoms with Gasteiger partial charge in [-0.05, 0) is 46.3 Å². The highest BCUT2D eigenvalue weighted by molar-refractivity contribution is 7.99. The summed E-state index contributed by atoms with van der Waals surface area (Å²) in [4.78, 5) is 1.05. The summed E-state index contributed by atoms with van der Waals surface area (Å²) in [7, 11) is 1.80. The number of hydrogen-bond acceptors (Lipinski definition) is 5. The Morgan fingerprint density at radius 1 is 1.35 bits per heavy atom. The van der Waals surface area contributed by atoms with Gasteiger partial charge in [0.2, 0.25) is 5.16 Å². The van der Waals surface area contributed by atoms with Gasteiger partial charge in [-0.3, -0.25) is 0 Å². The lowest BCUT2D eigenvalue weighted by atomic mass is 10.1. The van der Waals surface area contributed by atoms with Crippen LogP contribution in [0.15, 0.2) is 34.3 Å². The highest BCUT2D eigenvalue weighted by Gasteiger charge is 2.07. The van der Waals surface area contributed by atoms with E-state index in [-0.39, 0.29) is 6.10 Å². The van der Waals surface area contributed by atoms with Crippen LogP contribution in [0.5, 0.6) is 0 Å². The van der Waals surface area contributed by atoms with E-state index in [0.717, 1.165) is 22.0 Å². The second kappa shape index (κ2) is 5.29. The minimum absolute atomic E-state index is 0.384. The molecular weight excluding hydrogens is 236 g/mol. The summed E-state index contributed by atoms with van der Waals surface area (Å²) in [5.74, 6) is 0. The van der Waals surface area contributed by atoms with E-state index >= 15 is 0 Å².